The zero-order valence-corrected chi connectivity index (χ0v) is 19.8. The van der Waals surface area contributed by atoms with Gasteiger partial charge in [-0.15, -0.1) is 0 Å². The van der Waals surface area contributed by atoms with Gasteiger partial charge in [0, 0.05) is 34.6 Å². The Morgan fingerprint density at radius 2 is 1.06 bits per heavy atom. The number of rotatable bonds is 13. The van der Waals surface area contributed by atoms with Crippen LogP contribution in [0.5, 0.6) is 0 Å². The van der Waals surface area contributed by atoms with E-state index in [0.29, 0.717) is 0 Å². The second-order valence-corrected chi connectivity index (χ2v) is 7.25. The van der Waals surface area contributed by atoms with Crippen molar-refractivity contribution in [3.8, 4) is 0 Å². The molecule has 0 aliphatic rings. The quantitative estimate of drug-likeness (QED) is 0.298. The van der Waals surface area contributed by atoms with E-state index in [2.05, 4.69) is 0 Å². The summed E-state index contributed by atoms with van der Waals surface area (Å²) in [5.41, 5.74) is 0.831. The Hall–Kier alpha value is -3.47. The van der Waals surface area contributed by atoms with Crippen molar-refractivity contribution >= 4 is 29.8 Å². The maximum atomic E-state index is 11.9. The molecule has 1 aromatic rings. The predicted octanol–water partition coefficient (Wildman–Crippen LogP) is 1.49. The average Bonchev–Trinajstić information content (AvgIpc) is 2.72. The van der Waals surface area contributed by atoms with Gasteiger partial charge >= 0.3 is 29.8 Å². The summed E-state index contributed by atoms with van der Waals surface area (Å²) in [5.74, 6) is -3.80. The van der Waals surface area contributed by atoms with Gasteiger partial charge in [0.05, 0.1) is 13.2 Å². The molecule has 4 atom stereocenters. The highest BCUT2D eigenvalue weighted by Gasteiger charge is 2.44. The van der Waals surface area contributed by atoms with E-state index in [1.165, 1.54) is 0 Å². The summed E-state index contributed by atoms with van der Waals surface area (Å²) in [6.45, 7) is 4.92. The molecule has 0 saturated carbocycles. The molecule has 0 fully saturated rings. The van der Waals surface area contributed by atoms with Crippen molar-refractivity contribution in [2.75, 3.05) is 13.2 Å². The third-order valence-electron chi connectivity index (χ3n) is 4.14. The Labute approximate surface area is 197 Å². The van der Waals surface area contributed by atoms with Crippen molar-refractivity contribution in [1.82, 2.24) is 0 Å². The predicted molar refractivity (Wildman–Crippen MR) is 115 cm³/mol. The van der Waals surface area contributed by atoms with Gasteiger partial charge in [0.25, 0.3) is 0 Å². The van der Waals surface area contributed by atoms with Crippen LogP contribution < -0.4 is 0 Å². The van der Waals surface area contributed by atoms with Crippen LogP contribution in [0.3, 0.4) is 0 Å². The number of esters is 5. The zero-order chi connectivity index (χ0) is 25.7. The molecule has 0 saturated heterocycles. The van der Waals surface area contributed by atoms with Crippen molar-refractivity contribution < 1.29 is 52.4 Å². The summed E-state index contributed by atoms with van der Waals surface area (Å²) in [6, 6.07) is 9.12. The largest absolute Gasteiger partial charge is 0.462 e. The minimum absolute atomic E-state index is 0.143. The summed E-state index contributed by atoms with van der Waals surface area (Å²) < 4.78 is 31.7. The number of hydrogen-bond acceptors (Lipinski definition) is 11. The van der Waals surface area contributed by atoms with Crippen LogP contribution in [0.2, 0.25) is 0 Å². The second kappa shape index (κ2) is 14.6. The summed E-state index contributed by atoms with van der Waals surface area (Å²) in [7, 11) is 0. The van der Waals surface area contributed by atoms with Crippen LogP contribution in [-0.2, 0) is 59.0 Å². The fourth-order valence-corrected chi connectivity index (χ4v) is 2.98. The first-order valence-electron chi connectivity index (χ1n) is 10.4. The van der Waals surface area contributed by atoms with Gasteiger partial charge in [0.15, 0.2) is 24.4 Å². The molecule has 0 aromatic heterocycles. The Bertz CT molecular complexity index is 837. The minimum Gasteiger partial charge on any atom is -0.462 e. The first-order chi connectivity index (χ1) is 16.0. The molecule has 0 radical (unpaired) electrons. The normalized spacial score (nSPS) is 14.0. The third-order valence-corrected chi connectivity index (χ3v) is 4.14. The van der Waals surface area contributed by atoms with Gasteiger partial charge in [-0.1, -0.05) is 30.3 Å². The molecular formula is C23H30O11. The lowest BCUT2D eigenvalue weighted by molar-refractivity contribution is -0.206. The number of benzene rings is 1. The highest BCUT2D eigenvalue weighted by atomic mass is 16.6. The molecule has 0 aliphatic heterocycles. The Morgan fingerprint density at radius 1 is 0.618 bits per heavy atom. The molecule has 0 aliphatic carbocycles. The van der Waals surface area contributed by atoms with E-state index in [4.69, 9.17) is 28.4 Å². The van der Waals surface area contributed by atoms with Crippen molar-refractivity contribution in [3.05, 3.63) is 35.9 Å². The molecule has 34 heavy (non-hydrogen) atoms. The van der Waals surface area contributed by atoms with Crippen molar-refractivity contribution in [3.63, 3.8) is 0 Å². The molecule has 0 heterocycles. The molecule has 188 valence electrons. The maximum absolute atomic E-state index is 11.9. The first kappa shape index (κ1) is 28.6. The second-order valence-electron chi connectivity index (χ2n) is 7.25. The van der Waals surface area contributed by atoms with Gasteiger partial charge in [0.2, 0.25) is 0 Å². The van der Waals surface area contributed by atoms with Gasteiger partial charge in [0.1, 0.15) is 6.61 Å². The molecular weight excluding hydrogens is 452 g/mol. The molecule has 11 nitrogen and oxygen atoms in total. The van der Waals surface area contributed by atoms with Gasteiger partial charge in [-0.3, -0.25) is 24.0 Å². The van der Waals surface area contributed by atoms with Gasteiger partial charge in [-0.05, 0) is 5.56 Å². The monoisotopic (exact) mass is 482 g/mol. The Morgan fingerprint density at radius 3 is 1.47 bits per heavy atom. The average molecular weight is 482 g/mol. The maximum Gasteiger partial charge on any atom is 0.303 e. The van der Waals surface area contributed by atoms with Crippen LogP contribution in [0.25, 0.3) is 0 Å². The van der Waals surface area contributed by atoms with E-state index in [-0.39, 0.29) is 13.2 Å². The molecule has 0 N–H and O–H groups in total. The number of carbonyl (C=O) groups excluding carboxylic acids is 5. The summed E-state index contributed by atoms with van der Waals surface area (Å²) in [4.78, 5) is 58.6. The highest BCUT2D eigenvalue weighted by molar-refractivity contribution is 5.69. The molecule has 0 amide bonds. The zero-order valence-electron chi connectivity index (χ0n) is 19.8. The molecule has 0 unspecified atom stereocenters. The highest BCUT2D eigenvalue weighted by Crippen LogP contribution is 2.21. The molecule has 11 heteroatoms. The molecule has 0 spiro atoms. The Balaban J connectivity index is 3.28. The third kappa shape index (κ3) is 11.4. The van der Waals surface area contributed by atoms with E-state index in [1.54, 1.807) is 0 Å². The van der Waals surface area contributed by atoms with Crippen molar-refractivity contribution in [2.24, 2.45) is 0 Å². The summed E-state index contributed by atoms with van der Waals surface area (Å²) in [6.07, 6.45) is -5.58. The van der Waals surface area contributed by atoms with Crippen LogP contribution in [0, 0.1) is 0 Å². The van der Waals surface area contributed by atoms with Crippen LogP contribution in [0.4, 0.5) is 0 Å². The van der Waals surface area contributed by atoms with E-state index >= 15 is 0 Å². The first-order valence-corrected chi connectivity index (χ1v) is 10.4. The van der Waals surface area contributed by atoms with E-state index in [1.807, 2.05) is 30.3 Å². The fourth-order valence-electron chi connectivity index (χ4n) is 2.98. The lowest BCUT2D eigenvalue weighted by Crippen LogP contribution is -2.54. The summed E-state index contributed by atoms with van der Waals surface area (Å²) in [5, 5.41) is 0. The van der Waals surface area contributed by atoms with Gasteiger partial charge in [-0.2, -0.15) is 0 Å². The molecule has 1 aromatic carbocycles. The van der Waals surface area contributed by atoms with Crippen LogP contribution in [0.15, 0.2) is 30.3 Å². The number of ether oxygens (including phenoxy) is 6. The van der Waals surface area contributed by atoms with Gasteiger partial charge < -0.3 is 28.4 Å². The lowest BCUT2D eigenvalue weighted by Gasteiger charge is -2.35. The number of hydrogen-bond donors (Lipinski definition) is 0. The number of carbonyl (C=O) groups is 5. The SMILES string of the molecule is CC(=O)OC[C@@H](OC(C)=O)[C@H](OC(C)=O)[C@H](OC(C)=O)[C@H](COCc1ccccc1)OC(C)=O. The van der Waals surface area contributed by atoms with E-state index < -0.39 is 60.9 Å². The molecule has 0 bridgehead atoms. The van der Waals surface area contributed by atoms with Crippen LogP contribution in [-0.4, -0.2) is 67.5 Å². The molecule has 1 rings (SSSR count). The summed E-state index contributed by atoms with van der Waals surface area (Å²) >= 11 is 0. The minimum atomic E-state index is -1.49. The smallest absolute Gasteiger partial charge is 0.303 e. The van der Waals surface area contributed by atoms with Crippen molar-refractivity contribution in [1.29, 1.82) is 0 Å². The lowest BCUT2D eigenvalue weighted by atomic mass is 10.0. The fraction of sp³-hybridized carbons (Fsp3) is 0.522. The van der Waals surface area contributed by atoms with E-state index in [9.17, 15) is 24.0 Å². The Kier molecular flexibility index (Phi) is 12.3. The standard InChI is InChI=1S/C23H30O11/c1-14(24)30-13-21(32-16(3)26)23(34-18(5)28)22(33-17(4)27)20(31-15(2)25)12-29-11-19-9-7-6-8-10-19/h6-10,20-23H,11-13H2,1-5H3/t20-,21+,22+,23-/m0/s1. The van der Waals surface area contributed by atoms with Crippen LogP contribution in [0.1, 0.15) is 40.2 Å². The van der Waals surface area contributed by atoms with Crippen LogP contribution >= 0.6 is 0 Å². The topological polar surface area (TPSA) is 141 Å². The van der Waals surface area contributed by atoms with Gasteiger partial charge in [-0.25, -0.2) is 0 Å². The van der Waals surface area contributed by atoms with Crippen molar-refractivity contribution in [2.45, 2.75) is 65.6 Å². The van der Waals surface area contributed by atoms with E-state index in [0.717, 1.165) is 40.2 Å².